The highest BCUT2D eigenvalue weighted by Gasteiger charge is 2.16. The Morgan fingerprint density at radius 2 is 2.05 bits per heavy atom. The SMILES string of the molecule is CS(=O)(=O)c1ccc2cc(C(=O)O)c3nnnn3c2c1. The van der Waals surface area contributed by atoms with Crippen LogP contribution in [-0.4, -0.2) is 45.8 Å². The van der Waals surface area contributed by atoms with E-state index in [1.165, 1.54) is 28.8 Å². The number of rotatable bonds is 2. The smallest absolute Gasteiger partial charge is 0.339 e. The van der Waals surface area contributed by atoms with Crippen LogP contribution in [0.15, 0.2) is 29.2 Å². The molecule has 0 spiro atoms. The van der Waals surface area contributed by atoms with Gasteiger partial charge >= 0.3 is 5.97 Å². The molecule has 0 unspecified atom stereocenters. The van der Waals surface area contributed by atoms with E-state index in [1.807, 2.05) is 0 Å². The molecule has 0 fully saturated rings. The fourth-order valence-electron chi connectivity index (χ4n) is 1.95. The molecule has 0 aliphatic rings. The number of carbonyl (C=O) groups is 1. The lowest BCUT2D eigenvalue weighted by Crippen LogP contribution is -2.04. The number of fused-ring (bicyclic) bond motifs is 3. The van der Waals surface area contributed by atoms with Gasteiger partial charge in [0.1, 0.15) is 5.56 Å². The molecule has 0 aliphatic carbocycles. The molecule has 0 amide bonds. The summed E-state index contributed by atoms with van der Waals surface area (Å²) in [6, 6.07) is 5.77. The van der Waals surface area contributed by atoms with Crippen LogP contribution in [0.4, 0.5) is 0 Å². The van der Waals surface area contributed by atoms with Crippen molar-refractivity contribution in [1.29, 1.82) is 0 Å². The zero-order chi connectivity index (χ0) is 14.5. The van der Waals surface area contributed by atoms with E-state index < -0.39 is 15.8 Å². The van der Waals surface area contributed by atoms with Gasteiger partial charge in [0.15, 0.2) is 15.5 Å². The van der Waals surface area contributed by atoms with Gasteiger partial charge in [0.05, 0.1) is 10.4 Å². The summed E-state index contributed by atoms with van der Waals surface area (Å²) in [5.74, 6) is -1.15. The molecule has 0 aliphatic heterocycles. The Morgan fingerprint density at radius 3 is 2.70 bits per heavy atom. The Morgan fingerprint density at radius 1 is 1.30 bits per heavy atom. The minimum Gasteiger partial charge on any atom is -0.478 e. The number of hydrogen-bond acceptors (Lipinski definition) is 6. The lowest BCUT2D eigenvalue weighted by molar-refractivity contribution is 0.0698. The van der Waals surface area contributed by atoms with Crippen molar-refractivity contribution in [2.45, 2.75) is 4.90 Å². The molecule has 3 aromatic rings. The first-order valence-corrected chi connectivity index (χ1v) is 7.35. The highest BCUT2D eigenvalue weighted by atomic mass is 32.2. The van der Waals surface area contributed by atoms with Gasteiger partial charge in [0, 0.05) is 11.6 Å². The molecule has 1 aromatic carbocycles. The van der Waals surface area contributed by atoms with E-state index >= 15 is 0 Å². The second kappa shape index (κ2) is 3.97. The Hall–Kier alpha value is -2.55. The van der Waals surface area contributed by atoms with Crippen molar-refractivity contribution in [3.05, 3.63) is 29.8 Å². The molecule has 0 saturated heterocycles. The minimum atomic E-state index is -3.37. The number of carboxylic acids is 1. The summed E-state index contributed by atoms with van der Waals surface area (Å²) in [5.41, 5.74) is 0.447. The first-order valence-electron chi connectivity index (χ1n) is 5.46. The number of pyridine rings is 1. The van der Waals surface area contributed by atoms with Crippen molar-refractivity contribution in [1.82, 2.24) is 20.0 Å². The second-order valence-corrected chi connectivity index (χ2v) is 6.29. The molecule has 1 N–H and O–H groups in total. The fourth-order valence-corrected chi connectivity index (χ4v) is 2.60. The lowest BCUT2D eigenvalue weighted by Gasteiger charge is -2.05. The summed E-state index contributed by atoms with van der Waals surface area (Å²) < 4.78 is 24.4. The van der Waals surface area contributed by atoms with Gasteiger partial charge in [-0.3, -0.25) is 0 Å². The molecule has 0 bridgehead atoms. The highest BCUT2D eigenvalue weighted by molar-refractivity contribution is 7.90. The molecule has 2 aromatic heterocycles. The second-order valence-electron chi connectivity index (χ2n) is 4.27. The van der Waals surface area contributed by atoms with E-state index in [0.717, 1.165) is 6.26 Å². The molecule has 8 nitrogen and oxygen atoms in total. The first-order chi connectivity index (χ1) is 9.38. The topological polar surface area (TPSA) is 115 Å². The summed E-state index contributed by atoms with van der Waals surface area (Å²) in [6.07, 6.45) is 1.09. The van der Waals surface area contributed by atoms with Crippen LogP contribution < -0.4 is 0 Å². The van der Waals surface area contributed by atoms with Crippen molar-refractivity contribution in [2.24, 2.45) is 0 Å². The number of aromatic nitrogens is 4. The third kappa shape index (κ3) is 1.79. The summed E-state index contributed by atoms with van der Waals surface area (Å²) in [4.78, 5) is 11.3. The largest absolute Gasteiger partial charge is 0.478 e. The highest BCUT2D eigenvalue weighted by Crippen LogP contribution is 2.22. The Kier molecular flexibility index (Phi) is 2.48. The van der Waals surface area contributed by atoms with Crippen LogP contribution in [-0.2, 0) is 9.84 Å². The molecule has 9 heteroatoms. The molecule has 0 radical (unpaired) electrons. The zero-order valence-electron chi connectivity index (χ0n) is 10.2. The quantitative estimate of drug-likeness (QED) is 0.726. The third-order valence-corrected chi connectivity index (χ3v) is 4.01. The molecule has 0 saturated carbocycles. The van der Waals surface area contributed by atoms with Crippen LogP contribution in [0.1, 0.15) is 10.4 Å². The van der Waals surface area contributed by atoms with Crippen LogP contribution in [0.2, 0.25) is 0 Å². The Labute approximate surface area is 112 Å². The first kappa shape index (κ1) is 12.5. The van der Waals surface area contributed by atoms with Crippen LogP contribution in [0.3, 0.4) is 0 Å². The van der Waals surface area contributed by atoms with Crippen molar-refractivity contribution in [2.75, 3.05) is 6.26 Å². The van der Waals surface area contributed by atoms with Gasteiger partial charge in [-0.15, -0.1) is 5.10 Å². The van der Waals surface area contributed by atoms with Gasteiger partial charge in [-0.25, -0.2) is 13.2 Å². The summed E-state index contributed by atoms with van der Waals surface area (Å²) >= 11 is 0. The van der Waals surface area contributed by atoms with Crippen molar-refractivity contribution < 1.29 is 18.3 Å². The zero-order valence-corrected chi connectivity index (χ0v) is 11.0. The monoisotopic (exact) mass is 292 g/mol. The van der Waals surface area contributed by atoms with Gasteiger partial charge in [-0.2, -0.15) is 4.52 Å². The number of benzene rings is 1. The van der Waals surface area contributed by atoms with E-state index in [0.29, 0.717) is 10.9 Å². The van der Waals surface area contributed by atoms with Gasteiger partial charge in [-0.1, -0.05) is 6.07 Å². The predicted octanol–water partition coefficient (Wildman–Crippen LogP) is 0.379. The Bertz CT molecular complexity index is 961. The summed E-state index contributed by atoms with van der Waals surface area (Å²) in [6.45, 7) is 0. The molecule has 2 heterocycles. The average molecular weight is 292 g/mol. The summed E-state index contributed by atoms with van der Waals surface area (Å²) in [7, 11) is -3.37. The lowest BCUT2D eigenvalue weighted by atomic mass is 10.1. The minimum absolute atomic E-state index is 0.0467. The van der Waals surface area contributed by atoms with E-state index in [9.17, 15) is 13.2 Å². The van der Waals surface area contributed by atoms with E-state index in [4.69, 9.17) is 5.11 Å². The molecule has 3 rings (SSSR count). The number of tetrazole rings is 1. The molecule has 20 heavy (non-hydrogen) atoms. The van der Waals surface area contributed by atoms with Crippen LogP contribution in [0.5, 0.6) is 0 Å². The average Bonchev–Trinajstić information content (AvgIpc) is 2.85. The van der Waals surface area contributed by atoms with E-state index in [1.54, 1.807) is 0 Å². The number of hydrogen-bond donors (Lipinski definition) is 1. The predicted molar refractivity (Wildman–Crippen MR) is 68.4 cm³/mol. The summed E-state index contributed by atoms with van der Waals surface area (Å²) in [5, 5.41) is 20.5. The Balaban J connectivity index is 2.48. The standard InChI is InChI=1S/C11H8N4O4S/c1-20(18,19)7-3-2-6-4-8(11(16)17)10-12-13-14-15(10)9(6)5-7/h2-5H,1H3,(H,16,17). The van der Waals surface area contributed by atoms with Crippen LogP contribution >= 0.6 is 0 Å². The van der Waals surface area contributed by atoms with Gasteiger partial charge in [0.2, 0.25) is 0 Å². The van der Waals surface area contributed by atoms with Gasteiger partial charge < -0.3 is 5.11 Å². The maximum absolute atomic E-state index is 11.6. The van der Waals surface area contributed by atoms with Gasteiger partial charge in [0.25, 0.3) is 0 Å². The van der Waals surface area contributed by atoms with Gasteiger partial charge in [-0.05, 0) is 28.6 Å². The van der Waals surface area contributed by atoms with E-state index in [-0.39, 0.29) is 16.1 Å². The third-order valence-electron chi connectivity index (χ3n) is 2.90. The van der Waals surface area contributed by atoms with Crippen molar-refractivity contribution in [3.63, 3.8) is 0 Å². The number of sulfone groups is 1. The molecule has 102 valence electrons. The molecular weight excluding hydrogens is 284 g/mol. The molecular formula is C11H8N4O4S. The number of carboxylic acid groups (broad SMARTS) is 1. The van der Waals surface area contributed by atoms with Crippen LogP contribution in [0.25, 0.3) is 16.6 Å². The van der Waals surface area contributed by atoms with Crippen molar-refractivity contribution in [3.8, 4) is 0 Å². The van der Waals surface area contributed by atoms with Crippen molar-refractivity contribution >= 4 is 32.4 Å². The van der Waals surface area contributed by atoms with Crippen LogP contribution in [0, 0.1) is 0 Å². The van der Waals surface area contributed by atoms with E-state index in [2.05, 4.69) is 15.5 Å². The normalized spacial score (nSPS) is 12.1. The maximum Gasteiger partial charge on any atom is 0.339 e. The number of aromatic carboxylic acids is 1. The fraction of sp³-hybridized carbons (Fsp3) is 0.0909. The maximum atomic E-state index is 11.6. The molecule has 0 atom stereocenters. The number of nitrogens with zero attached hydrogens (tertiary/aromatic N) is 4.